The van der Waals surface area contributed by atoms with E-state index in [0.29, 0.717) is 18.6 Å². The summed E-state index contributed by atoms with van der Waals surface area (Å²) in [6.45, 7) is 12.5. The molecule has 1 aromatic carbocycles. The number of nitrogens with zero attached hydrogens (tertiary/aromatic N) is 3. The second-order valence-electron chi connectivity index (χ2n) is 9.21. The Morgan fingerprint density at radius 1 is 1.10 bits per heavy atom. The summed E-state index contributed by atoms with van der Waals surface area (Å²) in [5.74, 6) is 1.75. The summed E-state index contributed by atoms with van der Waals surface area (Å²) >= 11 is 0. The highest BCUT2D eigenvalue weighted by Gasteiger charge is 2.34. The summed E-state index contributed by atoms with van der Waals surface area (Å²) in [5.41, 5.74) is 3.58. The Hall–Kier alpha value is -1.40. The molecule has 4 rings (SSSR count). The molecular weight excluding hydrogens is 362 g/mol. The minimum Gasteiger partial charge on any atom is -0.459 e. The third-order valence-electron chi connectivity index (χ3n) is 7.08. The first-order valence-electron chi connectivity index (χ1n) is 11.3. The first-order chi connectivity index (χ1) is 14.0. The number of benzene rings is 1. The number of aryl methyl sites for hydroxylation is 2. The van der Waals surface area contributed by atoms with Crippen molar-refractivity contribution < 1.29 is 9.52 Å². The molecule has 2 aliphatic heterocycles. The third kappa shape index (κ3) is 4.69. The van der Waals surface area contributed by atoms with Gasteiger partial charge in [-0.3, -0.25) is 9.80 Å². The number of aliphatic hydroxyl groups is 1. The van der Waals surface area contributed by atoms with Gasteiger partial charge in [0.25, 0.3) is 0 Å². The Bertz CT molecular complexity index is 810. The molecule has 5 heteroatoms. The van der Waals surface area contributed by atoms with E-state index < -0.39 is 0 Å². The molecule has 3 heterocycles. The number of furan rings is 1. The van der Waals surface area contributed by atoms with Crippen LogP contribution in [-0.2, 0) is 6.54 Å². The smallest absolute Gasteiger partial charge is 0.134 e. The first kappa shape index (κ1) is 20.9. The van der Waals surface area contributed by atoms with Crippen LogP contribution in [0.2, 0.25) is 0 Å². The molecule has 2 fully saturated rings. The van der Waals surface area contributed by atoms with Crippen molar-refractivity contribution in [2.75, 3.05) is 52.9 Å². The zero-order valence-electron chi connectivity index (χ0n) is 18.4. The van der Waals surface area contributed by atoms with Crippen molar-refractivity contribution in [1.29, 1.82) is 0 Å². The number of hydrogen-bond donors (Lipinski definition) is 1. The molecule has 1 aromatic heterocycles. The van der Waals surface area contributed by atoms with Crippen LogP contribution >= 0.6 is 0 Å². The van der Waals surface area contributed by atoms with Gasteiger partial charge in [-0.2, -0.15) is 0 Å². The Balaban J connectivity index is 1.45. The number of aliphatic hydroxyl groups excluding tert-OH is 1. The van der Waals surface area contributed by atoms with E-state index >= 15 is 0 Å². The first-order valence-corrected chi connectivity index (χ1v) is 11.3. The van der Waals surface area contributed by atoms with E-state index in [2.05, 4.69) is 53.8 Å². The van der Waals surface area contributed by atoms with E-state index in [9.17, 15) is 5.11 Å². The van der Waals surface area contributed by atoms with Gasteiger partial charge in [0.15, 0.2) is 0 Å². The number of piperazine rings is 1. The van der Waals surface area contributed by atoms with Gasteiger partial charge in [-0.1, -0.05) is 11.6 Å². The summed E-state index contributed by atoms with van der Waals surface area (Å²) < 4.78 is 6.23. The lowest BCUT2D eigenvalue weighted by atomic mass is 9.86. The Kier molecular flexibility index (Phi) is 6.60. The molecule has 2 aliphatic rings. The molecule has 2 saturated heterocycles. The van der Waals surface area contributed by atoms with Crippen LogP contribution in [0.1, 0.15) is 36.1 Å². The van der Waals surface area contributed by atoms with Gasteiger partial charge in [-0.05, 0) is 63.8 Å². The van der Waals surface area contributed by atoms with Crippen LogP contribution in [-0.4, -0.2) is 78.8 Å². The van der Waals surface area contributed by atoms with Gasteiger partial charge in [-0.25, -0.2) is 0 Å². The number of fused-ring (bicyclic) bond motifs is 1. The largest absolute Gasteiger partial charge is 0.459 e. The summed E-state index contributed by atoms with van der Waals surface area (Å²) in [5, 5.41) is 10.7. The maximum Gasteiger partial charge on any atom is 0.134 e. The van der Waals surface area contributed by atoms with Crippen LogP contribution in [0.5, 0.6) is 0 Å². The van der Waals surface area contributed by atoms with Gasteiger partial charge in [0.2, 0.25) is 0 Å². The van der Waals surface area contributed by atoms with Crippen LogP contribution in [0, 0.1) is 19.8 Å². The average molecular weight is 400 g/mol. The van der Waals surface area contributed by atoms with Crippen LogP contribution in [0.15, 0.2) is 22.6 Å². The lowest BCUT2D eigenvalue weighted by molar-refractivity contribution is 0.0195. The standard InChI is InChI=1S/C24H37N3O2/c1-18-6-7-23-21(15-18)19(2)24(29-23)17-26-9-8-22(20(16-26)5-4-14-28)27-12-10-25(3)11-13-27/h6-7,15,20,22,28H,4-5,8-14,16-17H2,1-3H3/t20-,22+/m0/s1. The molecule has 0 amide bonds. The van der Waals surface area contributed by atoms with Gasteiger partial charge in [0.05, 0.1) is 6.54 Å². The van der Waals surface area contributed by atoms with Gasteiger partial charge in [0, 0.05) is 57.3 Å². The van der Waals surface area contributed by atoms with Gasteiger partial charge in [0.1, 0.15) is 11.3 Å². The number of likely N-dealkylation sites (tertiary alicyclic amines) is 1. The number of piperidine rings is 1. The van der Waals surface area contributed by atoms with Gasteiger partial charge >= 0.3 is 0 Å². The zero-order valence-corrected chi connectivity index (χ0v) is 18.4. The van der Waals surface area contributed by atoms with Crippen LogP contribution in [0.4, 0.5) is 0 Å². The number of likely N-dealkylation sites (N-methyl/N-ethyl adjacent to an activating group) is 1. The Morgan fingerprint density at radius 3 is 2.66 bits per heavy atom. The van der Waals surface area contributed by atoms with Gasteiger partial charge in [-0.15, -0.1) is 0 Å². The van der Waals surface area contributed by atoms with Crippen molar-refractivity contribution in [3.63, 3.8) is 0 Å². The number of hydrogen-bond acceptors (Lipinski definition) is 5. The molecular formula is C24H37N3O2. The number of rotatable bonds is 6. The lowest BCUT2D eigenvalue weighted by Crippen LogP contribution is -2.56. The molecule has 0 spiro atoms. The van der Waals surface area contributed by atoms with Crippen LogP contribution in [0.25, 0.3) is 11.0 Å². The molecule has 0 bridgehead atoms. The van der Waals surface area contributed by atoms with Crippen molar-refractivity contribution in [2.24, 2.45) is 5.92 Å². The molecule has 0 unspecified atom stereocenters. The monoisotopic (exact) mass is 399 g/mol. The predicted molar refractivity (Wildman–Crippen MR) is 118 cm³/mol. The van der Waals surface area contributed by atoms with E-state index in [1.54, 1.807) is 0 Å². The van der Waals surface area contributed by atoms with E-state index in [-0.39, 0.29) is 0 Å². The highest BCUT2D eigenvalue weighted by Crippen LogP contribution is 2.31. The van der Waals surface area contributed by atoms with Crippen LogP contribution in [0.3, 0.4) is 0 Å². The molecule has 0 saturated carbocycles. The van der Waals surface area contributed by atoms with Gasteiger partial charge < -0.3 is 14.4 Å². The molecule has 2 aromatic rings. The minimum atomic E-state index is 0.300. The molecule has 1 N–H and O–H groups in total. The Morgan fingerprint density at radius 2 is 1.90 bits per heavy atom. The maximum absolute atomic E-state index is 9.42. The van der Waals surface area contributed by atoms with Crippen molar-refractivity contribution in [3.8, 4) is 0 Å². The second-order valence-corrected chi connectivity index (χ2v) is 9.21. The minimum absolute atomic E-state index is 0.300. The molecule has 0 aliphatic carbocycles. The van der Waals surface area contributed by atoms with E-state index in [1.807, 2.05) is 0 Å². The molecule has 2 atom stereocenters. The third-order valence-corrected chi connectivity index (χ3v) is 7.08. The van der Waals surface area contributed by atoms with Crippen molar-refractivity contribution in [1.82, 2.24) is 14.7 Å². The molecule has 160 valence electrons. The molecule has 29 heavy (non-hydrogen) atoms. The van der Waals surface area contributed by atoms with E-state index in [4.69, 9.17) is 4.42 Å². The SMILES string of the molecule is Cc1ccc2oc(CN3CC[C@@H](N4CCN(C)CC4)[C@@H](CCCO)C3)c(C)c2c1. The topological polar surface area (TPSA) is 43.1 Å². The highest BCUT2D eigenvalue weighted by molar-refractivity contribution is 5.82. The predicted octanol–water partition coefficient (Wildman–Crippen LogP) is 3.26. The quantitative estimate of drug-likeness (QED) is 0.808. The summed E-state index contributed by atoms with van der Waals surface area (Å²) in [7, 11) is 2.22. The lowest BCUT2D eigenvalue weighted by Gasteiger charge is -2.46. The van der Waals surface area contributed by atoms with Crippen LogP contribution < -0.4 is 0 Å². The highest BCUT2D eigenvalue weighted by atomic mass is 16.3. The van der Waals surface area contributed by atoms with Crippen molar-refractivity contribution >= 4 is 11.0 Å². The summed E-state index contributed by atoms with van der Waals surface area (Å²) in [6, 6.07) is 7.12. The molecule has 5 nitrogen and oxygen atoms in total. The fraction of sp³-hybridized carbons (Fsp3) is 0.667. The summed E-state index contributed by atoms with van der Waals surface area (Å²) in [6.07, 6.45) is 3.24. The molecule has 0 radical (unpaired) electrons. The fourth-order valence-electron chi connectivity index (χ4n) is 5.25. The maximum atomic E-state index is 9.42. The van der Waals surface area contributed by atoms with Crippen molar-refractivity contribution in [3.05, 3.63) is 35.1 Å². The fourth-order valence-corrected chi connectivity index (χ4v) is 5.25. The normalized spacial score (nSPS) is 25.1. The zero-order chi connectivity index (χ0) is 20.4. The van der Waals surface area contributed by atoms with Crippen molar-refractivity contribution in [2.45, 2.75) is 45.7 Å². The second kappa shape index (κ2) is 9.17. The summed E-state index contributed by atoms with van der Waals surface area (Å²) in [4.78, 5) is 7.72. The van der Waals surface area contributed by atoms with E-state index in [1.165, 1.54) is 49.1 Å². The Labute approximate surface area is 175 Å². The van der Waals surface area contributed by atoms with E-state index in [0.717, 1.165) is 43.8 Å². The average Bonchev–Trinajstić information content (AvgIpc) is 3.02.